The van der Waals surface area contributed by atoms with Gasteiger partial charge in [0.05, 0.1) is 23.7 Å². The molecule has 32 heavy (non-hydrogen) atoms. The maximum absolute atomic E-state index is 14.1. The molecule has 1 aliphatic rings. The molecule has 2 aromatic carbocycles. The van der Waals surface area contributed by atoms with Crippen LogP contribution in [0.4, 0.5) is 15.8 Å². The van der Waals surface area contributed by atoms with Crippen molar-refractivity contribution in [3.63, 3.8) is 0 Å². The molecule has 0 spiro atoms. The summed E-state index contributed by atoms with van der Waals surface area (Å²) in [6.07, 6.45) is 0. The lowest BCUT2D eigenvalue weighted by Crippen LogP contribution is -2.53. The van der Waals surface area contributed by atoms with Gasteiger partial charge in [-0.15, -0.1) is 0 Å². The van der Waals surface area contributed by atoms with E-state index < -0.39 is 4.92 Å². The Labute approximate surface area is 186 Å². The first-order valence-corrected chi connectivity index (χ1v) is 10.3. The summed E-state index contributed by atoms with van der Waals surface area (Å²) in [7, 11) is 3.37. The lowest BCUT2D eigenvalue weighted by atomic mass is 10.2. The number of piperazine rings is 1. The number of amides is 1. The quantitative estimate of drug-likeness (QED) is 0.319. The van der Waals surface area contributed by atoms with Crippen molar-refractivity contribution in [2.24, 2.45) is 4.99 Å². The summed E-state index contributed by atoms with van der Waals surface area (Å²) in [5.41, 5.74) is 1.42. The number of hydrogen-bond donors (Lipinski definition) is 1. The van der Waals surface area contributed by atoms with Gasteiger partial charge in [-0.1, -0.05) is 24.3 Å². The molecule has 0 atom stereocenters. The average Bonchev–Trinajstić information content (AvgIpc) is 2.79. The number of nitrogens with one attached hydrogen (secondary N) is 1. The van der Waals surface area contributed by atoms with Gasteiger partial charge in [0.15, 0.2) is 5.96 Å². The first kappa shape index (κ1) is 23.0. The van der Waals surface area contributed by atoms with Crippen LogP contribution >= 0.6 is 0 Å². The van der Waals surface area contributed by atoms with Gasteiger partial charge in [-0.05, 0) is 17.7 Å². The zero-order valence-corrected chi connectivity index (χ0v) is 18.2. The van der Waals surface area contributed by atoms with Crippen molar-refractivity contribution in [2.45, 2.75) is 6.54 Å². The van der Waals surface area contributed by atoms with E-state index in [0.29, 0.717) is 44.4 Å². The summed E-state index contributed by atoms with van der Waals surface area (Å²) in [6.45, 7) is 2.85. The predicted molar refractivity (Wildman–Crippen MR) is 121 cm³/mol. The number of likely N-dealkylation sites (N-methyl/N-ethyl adjacent to an activating group) is 1. The number of hydrogen-bond acceptors (Lipinski definition) is 5. The molecule has 170 valence electrons. The third-order valence-corrected chi connectivity index (χ3v) is 5.23. The highest BCUT2D eigenvalue weighted by Crippen LogP contribution is 2.20. The molecule has 1 N–H and O–H groups in total. The Bertz CT molecular complexity index is 972. The number of halogens is 1. The molecule has 0 saturated carbocycles. The van der Waals surface area contributed by atoms with Crippen LogP contribution in [0.25, 0.3) is 0 Å². The minimum absolute atomic E-state index is 0.0249. The van der Waals surface area contributed by atoms with Crippen LogP contribution < -0.4 is 10.2 Å². The predicted octanol–water partition coefficient (Wildman–Crippen LogP) is 2.09. The van der Waals surface area contributed by atoms with Crippen molar-refractivity contribution in [1.29, 1.82) is 0 Å². The van der Waals surface area contributed by atoms with Gasteiger partial charge >= 0.3 is 0 Å². The van der Waals surface area contributed by atoms with E-state index in [0.717, 1.165) is 5.56 Å². The van der Waals surface area contributed by atoms with E-state index in [-0.39, 0.29) is 24.0 Å². The number of carbonyl (C=O) groups excluding carboxylic acids is 1. The van der Waals surface area contributed by atoms with Gasteiger partial charge < -0.3 is 20.0 Å². The molecule has 0 unspecified atom stereocenters. The lowest BCUT2D eigenvalue weighted by Gasteiger charge is -2.37. The lowest BCUT2D eigenvalue weighted by molar-refractivity contribution is -0.384. The van der Waals surface area contributed by atoms with Crippen LogP contribution in [0.5, 0.6) is 0 Å². The molecule has 3 rings (SSSR count). The molecule has 0 aliphatic carbocycles. The number of rotatable bonds is 6. The van der Waals surface area contributed by atoms with Crippen LogP contribution in [0.15, 0.2) is 53.5 Å². The molecule has 0 bridgehead atoms. The average molecular weight is 442 g/mol. The fourth-order valence-electron chi connectivity index (χ4n) is 3.34. The third kappa shape index (κ3) is 5.93. The van der Waals surface area contributed by atoms with Gasteiger partial charge in [-0.2, -0.15) is 0 Å². The maximum atomic E-state index is 14.1. The smallest absolute Gasteiger partial charge is 0.269 e. The van der Waals surface area contributed by atoms with Gasteiger partial charge in [0.1, 0.15) is 5.82 Å². The van der Waals surface area contributed by atoms with Crippen LogP contribution in [0.3, 0.4) is 0 Å². The molecule has 1 aliphatic heterocycles. The molecule has 2 aromatic rings. The highest BCUT2D eigenvalue weighted by atomic mass is 19.1. The van der Waals surface area contributed by atoms with Crippen molar-refractivity contribution in [3.8, 4) is 0 Å². The topological polar surface area (TPSA) is 94.3 Å². The Kier molecular flexibility index (Phi) is 7.58. The number of aliphatic imine (C=N–C) groups is 1. The van der Waals surface area contributed by atoms with Crippen molar-refractivity contribution in [2.75, 3.05) is 51.7 Å². The minimum atomic E-state index is -0.443. The summed E-state index contributed by atoms with van der Waals surface area (Å²) < 4.78 is 14.1. The highest BCUT2D eigenvalue weighted by Gasteiger charge is 2.22. The monoisotopic (exact) mass is 442 g/mol. The first-order chi connectivity index (χ1) is 15.3. The number of benzene rings is 2. The fraction of sp³-hybridized carbons (Fsp3) is 0.364. The molecule has 0 radical (unpaired) electrons. The number of anilines is 1. The van der Waals surface area contributed by atoms with E-state index in [1.807, 2.05) is 15.9 Å². The number of nitro benzene ring substituents is 1. The van der Waals surface area contributed by atoms with Crippen LogP contribution in [-0.2, 0) is 11.3 Å². The number of carbonyl (C=O) groups is 1. The third-order valence-electron chi connectivity index (χ3n) is 5.23. The van der Waals surface area contributed by atoms with Gasteiger partial charge in [0.2, 0.25) is 5.91 Å². The number of nitro groups is 1. The Morgan fingerprint density at radius 1 is 1.12 bits per heavy atom. The van der Waals surface area contributed by atoms with E-state index in [9.17, 15) is 19.3 Å². The normalized spacial score (nSPS) is 14.3. The van der Waals surface area contributed by atoms with E-state index >= 15 is 0 Å². The second kappa shape index (κ2) is 10.6. The zero-order chi connectivity index (χ0) is 23.1. The van der Waals surface area contributed by atoms with Crippen molar-refractivity contribution >= 4 is 23.2 Å². The van der Waals surface area contributed by atoms with Crippen molar-refractivity contribution in [1.82, 2.24) is 15.1 Å². The second-order valence-electron chi connectivity index (χ2n) is 7.63. The molecule has 0 aromatic heterocycles. The van der Waals surface area contributed by atoms with E-state index in [1.165, 1.54) is 23.1 Å². The van der Waals surface area contributed by atoms with Crippen LogP contribution in [-0.4, -0.2) is 73.4 Å². The SMILES string of the molecule is CN(C)C(=O)CNC(=NCc1ccc([N+](=O)[O-])cc1)N1CCN(c2ccccc2F)CC1. The Balaban J connectivity index is 1.69. The molecule has 9 nitrogen and oxygen atoms in total. The number of para-hydroxylation sites is 1. The second-order valence-corrected chi connectivity index (χ2v) is 7.63. The summed E-state index contributed by atoms with van der Waals surface area (Å²) in [4.78, 5) is 32.6. The minimum Gasteiger partial charge on any atom is -0.366 e. The molecular formula is C22H27FN6O3. The first-order valence-electron chi connectivity index (χ1n) is 10.3. The van der Waals surface area contributed by atoms with Crippen LogP contribution in [0.1, 0.15) is 5.56 Å². The maximum Gasteiger partial charge on any atom is 0.269 e. The van der Waals surface area contributed by atoms with Crippen molar-refractivity contribution in [3.05, 3.63) is 70.0 Å². The number of guanidine groups is 1. The molecule has 10 heteroatoms. The van der Waals surface area contributed by atoms with E-state index in [2.05, 4.69) is 10.3 Å². The molecule has 1 heterocycles. The van der Waals surface area contributed by atoms with Gasteiger partial charge in [0, 0.05) is 52.4 Å². The zero-order valence-electron chi connectivity index (χ0n) is 18.2. The molecular weight excluding hydrogens is 415 g/mol. The number of nitrogens with zero attached hydrogens (tertiary/aromatic N) is 5. The highest BCUT2D eigenvalue weighted by molar-refractivity contribution is 5.86. The van der Waals surface area contributed by atoms with Crippen LogP contribution in [0.2, 0.25) is 0 Å². The van der Waals surface area contributed by atoms with Crippen molar-refractivity contribution < 1.29 is 14.1 Å². The Morgan fingerprint density at radius 2 is 1.78 bits per heavy atom. The van der Waals surface area contributed by atoms with Gasteiger partial charge in [0.25, 0.3) is 5.69 Å². The van der Waals surface area contributed by atoms with Crippen LogP contribution in [0, 0.1) is 15.9 Å². The standard InChI is InChI=1S/C22H27FN6O3/c1-26(2)21(30)16-25-22(24-15-17-7-9-18(10-8-17)29(31)32)28-13-11-27(12-14-28)20-6-4-3-5-19(20)23/h3-10H,11-16H2,1-2H3,(H,24,25). The summed E-state index contributed by atoms with van der Waals surface area (Å²) in [5.74, 6) is 0.243. The Hall–Kier alpha value is -3.69. The number of non-ortho nitro benzene ring substituents is 1. The van der Waals surface area contributed by atoms with Gasteiger partial charge in [-0.25, -0.2) is 9.38 Å². The molecule has 1 amide bonds. The Morgan fingerprint density at radius 3 is 2.38 bits per heavy atom. The fourth-order valence-corrected chi connectivity index (χ4v) is 3.34. The summed E-state index contributed by atoms with van der Waals surface area (Å²) in [6, 6.07) is 12.9. The van der Waals surface area contributed by atoms with E-state index in [4.69, 9.17) is 0 Å². The van der Waals surface area contributed by atoms with E-state index in [1.54, 1.807) is 38.4 Å². The summed E-state index contributed by atoms with van der Waals surface area (Å²) >= 11 is 0. The summed E-state index contributed by atoms with van der Waals surface area (Å²) in [5, 5.41) is 14.0. The largest absolute Gasteiger partial charge is 0.366 e. The molecule has 1 saturated heterocycles. The van der Waals surface area contributed by atoms with Gasteiger partial charge in [-0.3, -0.25) is 14.9 Å². The molecule has 1 fully saturated rings.